The van der Waals surface area contributed by atoms with Gasteiger partial charge in [-0.15, -0.1) is 0 Å². The maximum Gasteiger partial charge on any atom is 0.249 e. The van der Waals surface area contributed by atoms with Crippen molar-refractivity contribution in [1.29, 1.82) is 5.41 Å². The van der Waals surface area contributed by atoms with Gasteiger partial charge in [0.25, 0.3) is 0 Å². The first-order valence-electron chi connectivity index (χ1n) is 17.6. The summed E-state index contributed by atoms with van der Waals surface area (Å²) >= 11 is 0. The molecular weight excluding hydrogens is 610 g/mol. The minimum absolute atomic E-state index is 0.137. The molecule has 13 heteroatoms. The van der Waals surface area contributed by atoms with Gasteiger partial charge >= 0.3 is 0 Å². The Labute approximate surface area is 284 Å². The van der Waals surface area contributed by atoms with Gasteiger partial charge in [-0.05, 0) is 124 Å². The van der Waals surface area contributed by atoms with Crippen LogP contribution in [0.25, 0.3) is 0 Å². The molecule has 11 N–H and O–H groups in total. The molecule has 0 radical (unpaired) electrons. The number of nitrogens with one attached hydrogen (secondary N) is 4. The van der Waals surface area contributed by atoms with Crippen molar-refractivity contribution in [2.75, 3.05) is 13.1 Å². The average Bonchev–Trinajstić information content (AvgIpc) is 3.46. The van der Waals surface area contributed by atoms with Gasteiger partial charge in [0.1, 0.15) is 17.8 Å². The highest BCUT2D eigenvalue weighted by molar-refractivity contribution is 5.90. The van der Waals surface area contributed by atoms with Crippen molar-refractivity contribution in [1.82, 2.24) is 26.1 Å². The number of benzene rings is 1. The smallest absolute Gasteiger partial charge is 0.249 e. The molecule has 2 aliphatic carbocycles. The van der Waals surface area contributed by atoms with Crippen LogP contribution in [0.2, 0.25) is 0 Å². The summed E-state index contributed by atoms with van der Waals surface area (Å²) in [6, 6.07) is 0.908. The van der Waals surface area contributed by atoms with E-state index < -0.39 is 29.9 Å². The van der Waals surface area contributed by atoms with Gasteiger partial charge in [0.05, 0.1) is 6.04 Å². The van der Waals surface area contributed by atoms with Gasteiger partial charge in [0.15, 0.2) is 11.8 Å². The summed E-state index contributed by atoms with van der Waals surface area (Å²) in [6.45, 7) is 7.01. The molecular formula is C35H57N9O4. The number of hydrogen-bond acceptors (Lipinski definition) is 9. The topological polar surface area (TPSA) is 231 Å². The van der Waals surface area contributed by atoms with Crippen molar-refractivity contribution in [2.45, 2.75) is 122 Å². The van der Waals surface area contributed by atoms with E-state index in [4.69, 9.17) is 32.1 Å². The second-order valence-electron chi connectivity index (χ2n) is 14.5. The molecule has 2 bridgehead atoms. The molecule has 2 aliphatic rings. The number of aryl methyl sites for hydroxylation is 2. The number of aromatic nitrogens is 2. The zero-order valence-corrected chi connectivity index (χ0v) is 28.9. The van der Waals surface area contributed by atoms with E-state index in [0.29, 0.717) is 50.0 Å². The Morgan fingerprint density at radius 2 is 1.88 bits per heavy atom. The number of aromatic hydroxyl groups is 1. The molecule has 266 valence electrons. The SMILES string of the molecule is Cc1cc(O)cc(C)c1C[C@H](NC(=O)[C@H](N)CCCNC(=N)N)C(=O)N[C@@H](CCCCN)c1nc(CC23CCCC(CC(C)C2)C3)no1. The van der Waals surface area contributed by atoms with Gasteiger partial charge in [-0.3, -0.25) is 15.0 Å². The summed E-state index contributed by atoms with van der Waals surface area (Å²) in [7, 11) is 0. The predicted octanol–water partition coefficient (Wildman–Crippen LogP) is 3.15. The van der Waals surface area contributed by atoms with Crippen molar-refractivity contribution < 1.29 is 19.2 Å². The van der Waals surface area contributed by atoms with Gasteiger partial charge < -0.3 is 42.8 Å². The number of hydrogen-bond donors (Lipinski definition) is 8. The third-order valence-electron chi connectivity index (χ3n) is 10.2. The first-order valence-corrected chi connectivity index (χ1v) is 17.6. The lowest BCUT2D eigenvalue weighted by Gasteiger charge is -2.47. The summed E-state index contributed by atoms with van der Waals surface area (Å²) < 4.78 is 5.83. The number of amides is 2. The Hall–Kier alpha value is -3.71. The number of rotatable bonds is 17. The molecule has 6 atom stereocenters. The lowest BCUT2D eigenvalue weighted by molar-refractivity contribution is -0.130. The number of nitrogens with zero attached hydrogens (tertiary/aromatic N) is 2. The fraction of sp³-hybridized carbons (Fsp3) is 0.686. The van der Waals surface area contributed by atoms with Crippen LogP contribution < -0.4 is 33.2 Å². The first kappa shape index (κ1) is 37.1. The highest BCUT2D eigenvalue weighted by atomic mass is 16.5. The molecule has 13 nitrogen and oxygen atoms in total. The highest BCUT2D eigenvalue weighted by Gasteiger charge is 2.43. The Kier molecular flexibility index (Phi) is 13.2. The monoisotopic (exact) mass is 667 g/mol. The summed E-state index contributed by atoms with van der Waals surface area (Å²) in [4.78, 5) is 32.2. The van der Waals surface area contributed by atoms with Crippen molar-refractivity contribution in [3.05, 3.63) is 40.5 Å². The number of phenols is 1. The molecule has 2 saturated carbocycles. The van der Waals surface area contributed by atoms with Crippen LogP contribution >= 0.6 is 0 Å². The minimum atomic E-state index is -0.956. The maximum atomic E-state index is 14.1. The molecule has 4 rings (SSSR count). The number of unbranched alkanes of at least 4 members (excludes halogenated alkanes) is 1. The van der Waals surface area contributed by atoms with Crippen molar-refractivity contribution in [3.63, 3.8) is 0 Å². The van der Waals surface area contributed by atoms with Crippen LogP contribution in [0, 0.1) is 36.5 Å². The van der Waals surface area contributed by atoms with Crippen LogP contribution in [0.15, 0.2) is 16.7 Å². The predicted molar refractivity (Wildman–Crippen MR) is 185 cm³/mol. The molecule has 2 aromatic rings. The molecule has 0 spiro atoms. The van der Waals surface area contributed by atoms with Crippen LogP contribution in [0.3, 0.4) is 0 Å². The second-order valence-corrected chi connectivity index (χ2v) is 14.5. The lowest BCUT2D eigenvalue weighted by Crippen LogP contribution is -2.53. The van der Waals surface area contributed by atoms with E-state index >= 15 is 0 Å². The van der Waals surface area contributed by atoms with E-state index in [1.54, 1.807) is 12.1 Å². The quantitative estimate of drug-likeness (QED) is 0.0697. The molecule has 48 heavy (non-hydrogen) atoms. The van der Waals surface area contributed by atoms with Gasteiger partial charge in [-0.1, -0.05) is 24.9 Å². The molecule has 1 heterocycles. The highest BCUT2D eigenvalue weighted by Crippen LogP contribution is 2.52. The van der Waals surface area contributed by atoms with Gasteiger partial charge in [-0.25, -0.2) is 0 Å². The van der Waals surface area contributed by atoms with Crippen molar-refractivity contribution in [2.24, 2.45) is 34.5 Å². The third-order valence-corrected chi connectivity index (χ3v) is 10.2. The largest absolute Gasteiger partial charge is 0.508 e. The molecule has 1 aromatic carbocycles. The van der Waals surface area contributed by atoms with Crippen LogP contribution in [0.5, 0.6) is 5.75 Å². The summed E-state index contributed by atoms with van der Waals surface area (Å²) in [6.07, 6.45) is 11.3. The van der Waals surface area contributed by atoms with E-state index in [2.05, 4.69) is 28.0 Å². The minimum Gasteiger partial charge on any atom is -0.508 e. The summed E-state index contributed by atoms with van der Waals surface area (Å²) in [5.41, 5.74) is 20.0. The van der Waals surface area contributed by atoms with Gasteiger partial charge in [0.2, 0.25) is 17.7 Å². The Morgan fingerprint density at radius 1 is 1.12 bits per heavy atom. The van der Waals surface area contributed by atoms with Crippen LogP contribution in [0.1, 0.15) is 112 Å². The van der Waals surface area contributed by atoms with Gasteiger partial charge in [-0.2, -0.15) is 4.98 Å². The normalized spacial score (nSPS) is 22.4. The Morgan fingerprint density at radius 3 is 2.58 bits per heavy atom. The molecule has 2 amide bonds. The standard InChI is InChI=1S/C35H57N9O4/c1-21-14-24-8-6-11-35(18-21,19-24)20-30-43-33(48-44-30)28(10-4-5-12-36)41-32(47)29(17-26-22(2)15-25(45)16-23(26)3)42-31(46)27(37)9-7-13-40-34(38)39/h15-16,21,24,27-29,45H,4-14,17-20,36-37H2,1-3H3,(H,41,47)(H,42,46)(H4,38,39,40)/t21?,24?,27-,28+,29+,35?/m1/s1. The van der Waals surface area contributed by atoms with Crippen molar-refractivity contribution in [3.8, 4) is 5.75 Å². The Bertz CT molecular complexity index is 1370. The van der Waals surface area contributed by atoms with E-state index in [9.17, 15) is 14.7 Å². The fourth-order valence-electron chi connectivity index (χ4n) is 8.09. The molecule has 0 saturated heterocycles. The third kappa shape index (κ3) is 10.4. The fourth-order valence-corrected chi connectivity index (χ4v) is 8.09. The van der Waals surface area contributed by atoms with Gasteiger partial charge in [0, 0.05) is 19.4 Å². The van der Waals surface area contributed by atoms with E-state index in [-0.39, 0.29) is 23.5 Å². The van der Waals surface area contributed by atoms with Crippen LogP contribution in [-0.2, 0) is 22.4 Å². The zero-order valence-electron chi connectivity index (χ0n) is 28.9. The molecule has 2 fully saturated rings. The number of carbonyl (C=O) groups excluding carboxylic acids is 2. The zero-order chi connectivity index (χ0) is 34.8. The molecule has 0 aliphatic heterocycles. The molecule has 3 unspecified atom stereocenters. The number of nitrogens with two attached hydrogens (primary N) is 3. The first-order chi connectivity index (χ1) is 22.9. The van der Waals surface area contributed by atoms with E-state index in [1.165, 1.54) is 38.5 Å². The van der Waals surface area contributed by atoms with E-state index in [1.807, 2.05) is 13.8 Å². The molecule has 1 aromatic heterocycles. The second kappa shape index (κ2) is 17.1. The Balaban J connectivity index is 1.52. The summed E-state index contributed by atoms with van der Waals surface area (Å²) in [5, 5.41) is 30.5. The number of carbonyl (C=O) groups is 2. The number of fused-ring (bicyclic) bond motifs is 2. The van der Waals surface area contributed by atoms with Crippen LogP contribution in [-0.4, -0.2) is 58.2 Å². The van der Waals surface area contributed by atoms with Crippen LogP contribution in [0.4, 0.5) is 0 Å². The maximum absolute atomic E-state index is 14.1. The van der Waals surface area contributed by atoms with E-state index in [0.717, 1.165) is 41.9 Å². The summed E-state index contributed by atoms with van der Waals surface area (Å²) in [5.74, 6) is 1.64. The lowest BCUT2D eigenvalue weighted by atomic mass is 9.58. The number of guanidine groups is 1. The van der Waals surface area contributed by atoms with Crippen molar-refractivity contribution >= 4 is 17.8 Å². The average molecular weight is 668 g/mol. The number of phenolic OH excluding ortho intramolecular Hbond substituents is 1.